The first-order valence-corrected chi connectivity index (χ1v) is 6.68. The van der Waals surface area contributed by atoms with Gasteiger partial charge in [-0.3, -0.25) is 4.79 Å². The number of hydrogen-bond donors (Lipinski definition) is 1. The first kappa shape index (κ1) is 15.5. The highest BCUT2D eigenvalue weighted by Gasteiger charge is 2.13. The van der Waals surface area contributed by atoms with Crippen LogP contribution in [0.2, 0.25) is 0 Å². The van der Waals surface area contributed by atoms with Crippen molar-refractivity contribution >= 4 is 5.78 Å². The molecule has 0 heterocycles. The number of unbranched alkanes of at least 4 members (excludes halogenated alkanes) is 2. The van der Waals surface area contributed by atoms with E-state index in [4.69, 9.17) is 9.47 Å². The zero-order valence-electron chi connectivity index (χ0n) is 12.0. The molecular weight excluding hydrogens is 242 g/mol. The van der Waals surface area contributed by atoms with Crippen LogP contribution < -0.4 is 14.8 Å². The first-order chi connectivity index (χ1) is 9.22. The van der Waals surface area contributed by atoms with E-state index in [1.165, 1.54) is 12.8 Å². The maximum Gasteiger partial charge on any atom is 0.180 e. The van der Waals surface area contributed by atoms with Gasteiger partial charge in [0, 0.05) is 0 Å². The highest BCUT2D eigenvalue weighted by molar-refractivity contribution is 6.00. The summed E-state index contributed by atoms with van der Waals surface area (Å²) in [4.78, 5) is 12.1. The van der Waals surface area contributed by atoms with Crippen molar-refractivity contribution in [3.05, 3.63) is 23.8 Å². The van der Waals surface area contributed by atoms with Gasteiger partial charge in [-0.15, -0.1) is 0 Å². The molecule has 0 radical (unpaired) electrons. The van der Waals surface area contributed by atoms with Crippen molar-refractivity contribution in [2.24, 2.45) is 0 Å². The summed E-state index contributed by atoms with van der Waals surface area (Å²) in [6.45, 7) is 3.35. The van der Waals surface area contributed by atoms with Crippen LogP contribution in [0.4, 0.5) is 0 Å². The number of Topliss-reactive ketones (excluding diaryl/α,β-unsaturated/α-hetero) is 1. The second-order valence-electron chi connectivity index (χ2n) is 4.37. The molecule has 1 rings (SSSR count). The van der Waals surface area contributed by atoms with Gasteiger partial charge in [0.1, 0.15) is 11.5 Å². The zero-order chi connectivity index (χ0) is 14.1. The number of ether oxygens (including phenoxy) is 2. The van der Waals surface area contributed by atoms with Crippen molar-refractivity contribution in [2.45, 2.75) is 26.2 Å². The van der Waals surface area contributed by atoms with Gasteiger partial charge in [-0.2, -0.15) is 0 Å². The van der Waals surface area contributed by atoms with Crippen molar-refractivity contribution in [3.8, 4) is 11.5 Å². The molecule has 1 N–H and O–H groups in total. The molecule has 0 aromatic heterocycles. The summed E-state index contributed by atoms with van der Waals surface area (Å²) in [5, 5.41) is 3.16. The Morgan fingerprint density at radius 1 is 1.21 bits per heavy atom. The van der Waals surface area contributed by atoms with Crippen LogP contribution in [0, 0.1) is 0 Å². The molecule has 0 spiro atoms. The summed E-state index contributed by atoms with van der Waals surface area (Å²) >= 11 is 0. The molecule has 0 saturated heterocycles. The van der Waals surface area contributed by atoms with Gasteiger partial charge >= 0.3 is 0 Å². The summed E-state index contributed by atoms with van der Waals surface area (Å²) in [5.41, 5.74) is 0.560. The Morgan fingerprint density at radius 2 is 2.00 bits per heavy atom. The predicted octanol–water partition coefficient (Wildman–Crippen LogP) is 2.67. The summed E-state index contributed by atoms with van der Waals surface area (Å²) in [5.74, 6) is 1.27. The number of rotatable bonds is 9. The minimum Gasteiger partial charge on any atom is -0.497 e. The second kappa shape index (κ2) is 8.53. The molecule has 0 fully saturated rings. The van der Waals surface area contributed by atoms with Crippen LogP contribution in [0.1, 0.15) is 36.5 Å². The smallest absolute Gasteiger partial charge is 0.180 e. The van der Waals surface area contributed by atoms with E-state index < -0.39 is 0 Å². The summed E-state index contributed by atoms with van der Waals surface area (Å²) < 4.78 is 10.3. The van der Waals surface area contributed by atoms with Crippen LogP contribution in [0.15, 0.2) is 18.2 Å². The first-order valence-electron chi connectivity index (χ1n) is 6.68. The predicted molar refractivity (Wildman–Crippen MR) is 76.3 cm³/mol. The lowest BCUT2D eigenvalue weighted by Crippen LogP contribution is -2.24. The van der Waals surface area contributed by atoms with E-state index in [2.05, 4.69) is 12.2 Å². The molecule has 0 amide bonds. The number of hydrogen-bond acceptors (Lipinski definition) is 4. The number of carbonyl (C=O) groups excluding carboxylic acids is 1. The van der Waals surface area contributed by atoms with Crippen LogP contribution in [-0.4, -0.2) is 33.1 Å². The number of nitrogens with one attached hydrogen (secondary N) is 1. The monoisotopic (exact) mass is 265 g/mol. The number of carbonyl (C=O) groups is 1. The van der Waals surface area contributed by atoms with Crippen molar-refractivity contribution < 1.29 is 14.3 Å². The van der Waals surface area contributed by atoms with Gasteiger partial charge in [0.25, 0.3) is 0 Å². The van der Waals surface area contributed by atoms with E-state index >= 15 is 0 Å². The Bertz CT molecular complexity index is 404. The average molecular weight is 265 g/mol. The van der Waals surface area contributed by atoms with E-state index in [9.17, 15) is 4.79 Å². The standard InChI is InChI=1S/C15H23NO3/c1-4-5-6-9-16-11-14(17)13-10-12(18-2)7-8-15(13)19-3/h7-8,10,16H,4-6,9,11H2,1-3H3. The third-order valence-corrected chi connectivity index (χ3v) is 2.95. The van der Waals surface area contributed by atoms with E-state index in [0.717, 1.165) is 13.0 Å². The van der Waals surface area contributed by atoms with E-state index in [1.807, 2.05) is 0 Å². The Kier molecular flexibility index (Phi) is 6.97. The SMILES string of the molecule is CCCCCNCC(=O)c1cc(OC)ccc1OC. The summed E-state index contributed by atoms with van der Waals surface area (Å²) in [7, 11) is 3.15. The lowest BCUT2D eigenvalue weighted by molar-refractivity contribution is 0.0988. The fourth-order valence-corrected chi connectivity index (χ4v) is 1.83. The molecule has 0 aliphatic carbocycles. The highest BCUT2D eigenvalue weighted by Crippen LogP contribution is 2.24. The van der Waals surface area contributed by atoms with Crippen molar-refractivity contribution in [1.29, 1.82) is 0 Å². The van der Waals surface area contributed by atoms with Crippen molar-refractivity contribution in [1.82, 2.24) is 5.32 Å². The maximum atomic E-state index is 12.1. The van der Waals surface area contributed by atoms with Gasteiger partial charge in [0.15, 0.2) is 5.78 Å². The molecule has 1 aromatic rings. The van der Waals surface area contributed by atoms with Crippen LogP contribution >= 0.6 is 0 Å². The molecule has 0 aliphatic rings. The fourth-order valence-electron chi connectivity index (χ4n) is 1.83. The minimum absolute atomic E-state index is 0.0206. The van der Waals surface area contributed by atoms with Gasteiger partial charge < -0.3 is 14.8 Å². The average Bonchev–Trinajstić information content (AvgIpc) is 2.46. The van der Waals surface area contributed by atoms with Crippen LogP contribution in [-0.2, 0) is 0 Å². The van der Waals surface area contributed by atoms with Crippen molar-refractivity contribution in [3.63, 3.8) is 0 Å². The molecule has 4 nitrogen and oxygen atoms in total. The van der Waals surface area contributed by atoms with Gasteiger partial charge in [-0.1, -0.05) is 19.8 Å². The third kappa shape index (κ3) is 4.91. The lowest BCUT2D eigenvalue weighted by atomic mass is 10.1. The van der Waals surface area contributed by atoms with Crippen LogP contribution in [0.25, 0.3) is 0 Å². The number of ketones is 1. The van der Waals surface area contributed by atoms with E-state index in [1.54, 1.807) is 32.4 Å². The molecule has 106 valence electrons. The fraction of sp³-hybridized carbons (Fsp3) is 0.533. The van der Waals surface area contributed by atoms with Gasteiger partial charge in [-0.25, -0.2) is 0 Å². The molecule has 0 bridgehead atoms. The van der Waals surface area contributed by atoms with Gasteiger partial charge in [0.2, 0.25) is 0 Å². The summed E-state index contributed by atoms with van der Waals surface area (Å²) in [6.07, 6.45) is 3.46. The Hall–Kier alpha value is -1.55. The third-order valence-electron chi connectivity index (χ3n) is 2.95. The lowest BCUT2D eigenvalue weighted by Gasteiger charge is -2.10. The van der Waals surface area contributed by atoms with Gasteiger partial charge in [0.05, 0.1) is 26.3 Å². The van der Waals surface area contributed by atoms with E-state index in [-0.39, 0.29) is 5.78 Å². The van der Waals surface area contributed by atoms with Crippen LogP contribution in [0.3, 0.4) is 0 Å². The zero-order valence-corrected chi connectivity index (χ0v) is 12.0. The molecule has 0 atom stereocenters. The highest BCUT2D eigenvalue weighted by atomic mass is 16.5. The normalized spacial score (nSPS) is 10.3. The molecule has 0 saturated carbocycles. The molecular formula is C15H23NO3. The Balaban J connectivity index is 2.59. The second-order valence-corrected chi connectivity index (χ2v) is 4.37. The maximum absolute atomic E-state index is 12.1. The Morgan fingerprint density at radius 3 is 2.63 bits per heavy atom. The van der Waals surface area contributed by atoms with Crippen molar-refractivity contribution in [2.75, 3.05) is 27.3 Å². The number of methoxy groups -OCH3 is 2. The summed E-state index contributed by atoms with van der Waals surface area (Å²) in [6, 6.07) is 5.25. The van der Waals surface area contributed by atoms with Gasteiger partial charge in [-0.05, 0) is 31.2 Å². The Labute approximate surface area is 115 Å². The quantitative estimate of drug-likeness (QED) is 0.551. The van der Waals surface area contributed by atoms with Crippen LogP contribution in [0.5, 0.6) is 11.5 Å². The number of benzene rings is 1. The molecule has 19 heavy (non-hydrogen) atoms. The largest absolute Gasteiger partial charge is 0.497 e. The topological polar surface area (TPSA) is 47.6 Å². The van der Waals surface area contributed by atoms with E-state index in [0.29, 0.717) is 23.6 Å². The molecule has 0 unspecified atom stereocenters. The molecule has 1 aromatic carbocycles. The molecule has 4 heteroatoms. The minimum atomic E-state index is 0.0206. The molecule has 0 aliphatic heterocycles.